The normalized spacial score (nSPS) is 20.4. The number of nitrogens with zero attached hydrogens (tertiary/aromatic N) is 1. The number of benzene rings is 1. The summed E-state index contributed by atoms with van der Waals surface area (Å²) < 4.78 is 1.10. The van der Waals surface area contributed by atoms with E-state index in [1.54, 1.807) is 0 Å². The molecule has 1 aromatic carbocycles. The number of aromatic amines is 1. The van der Waals surface area contributed by atoms with E-state index in [9.17, 15) is 0 Å². The molecule has 0 amide bonds. The molecule has 1 unspecified atom stereocenters. The molecule has 1 aliphatic heterocycles. The number of piperidine rings is 1. The summed E-state index contributed by atoms with van der Waals surface area (Å²) in [4.78, 5) is 8.06. The molecule has 1 fully saturated rings. The molecule has 3 rings (SSSR count). The molecule has 1 aromatic heterocycles. The van der Waals surface area contributed by atoms with E-state index in [-0.39, 0.29) is 0 Å². The molecule has 2 heterocycles. The van der Waals surface area contributed by atoms with Crippen LogP contribution >= 0.6 is 15.9 Å². The zero-order chi connectivity index (χ0) is 12.4. The third kappa shape index (κ3) is 2.75. The third-order valence-corrected chi connectivity index (χ3v) is 4.17. The fraction of sp³-hybridized carbons (Fsp3) is 0.500. The van der Waals surface area contributed by atoms with Crippen LogP contribution in [0, 0.1) is 5.92 Å². The van der Waals surface area contributed by atoms with Crippen LogP contribution in [0.1, 0.15) is 25.1 Å². The number of aromatic nitrogens is 2. The van der Waals surface area contributed by atoms with Crippen LogP contribution in [0.5, 0.6) is 0 Å². The highest BCUT2D eigenvalue weighted by molar-refractivity contribution is 9.10. The predicted molar refractivity (Wildman–Crippen MR) is 77.7 cm³/mol. The van der Waals surface area contributed by atoms with Crippen molar-refractivity contribution in [2.24, 2.45) is 5.92 Å². The van der Waals surface area contributed by atoms with Crippen molar-refractivity contribution in [2.45, 2.75) is 25.7 Å². The Kier molecular flexibility index (Phi) is 3.66. The first-order valence-electron chi connectivity index (χ1n) is 6.66. The minimum Gasteiger partial charge on any atom is -0.342 e. The lowest BCUT2D eigenvalue weighted by Gasteiger charge is -2.22. The molecule has 0 bridgehead atoms. The van der Waals surface area contributed by atoms with Crippen molar-refractivity contribution in [2.75, 3.05) is 13.1 Å². The summed E-state index contributed by atoms with van der Waals surface area (Å²) in [5.74, 6) is 1.94. The Morgan fingerprint density at radius 1 is 1.39 bits per heavy atom. The molecule has 96 valence electrons. The molecule has 0 aliphatic carbocycles. The maximum absolute atomic E-state index is 4.64. The molecule has 2 N–H and O–H groups in total. The minimum absolute atomic E-state index is 0.818. The molecule has 3 nitrogen and oxygen atoms in total. The standard InChI is InChI=1S/C14H18BrN3/c15-11-4-5-12-13(8-11)18-14(17-12)6-3-10-2-1-7-16-9-10/h4-5,8,10,16H,1-3,6-7,9H2,(H,17,18). The Morgan fingerprint density at radius 2 is 2.33 bits per heavy atom. The fourth-order valence-corrected chi connectivity index (χ4v) is 3.03. The average molecular weight is 308 g/mol. The van der Waals surface area contributed by atoms with Gasteiger partial charge >= 0.3 is 0 Å². The summed E-state index contributed by atoms with van der Waals surface area (Å²) in [6.45, 7) is 2.36. The molecule has 18 heavy (non-hydrogen) atoms. The number of aryl methyl sites for hydroxylation is 1. The summed E-state index contributed by atoms with van der Waals surface area (Å²) in [5.41, 5.74) is 2.19. The quantitative estimate of drug-likeness (QED) is 0.914. The van der Waals surface area contributed by atoms with Crippen LogP contribution in [0.3, 0.4) is 0 Å². The van der Waals surface area contributed by atoms with Crippen LogP contribution in [0.25, 0.3) is 11.0 Å². The first kappa shape index (κ1) is 12.2. The van der Waals surface area contributed by atoms with Gasteiger partial charge in [0.05, 0.1) is 11.0 Å². The molecule has 1 aliphatic rings. The van der Waals surface area contributed by atoms with E-state index < -0.39 is 0 Å². The van der Waals surface area contributed by atoms with E-state index in [1.165, 1.54) is 32.4 Å². The minimum atomic E-state index is 0.818. The molecule has 4 heteroatoms. The highest BCUT2D eigenvalue weighted by Crippen LogP contribution is 2.20. The van der Waals surface area contributed by atoms with Gasteiger partial charge in [0.15, 0.2) is 0 Å². The predicted octanol–water partition coefficient (Wildman–Crippen LogP) is 3.26. The fourth-order valence-electron chi connectivity index (χ4n) is 2.66. The smallest absolute Gasteiger partial charge is 0.107 e. The van der Waals surface area contributed by atoms with Crippen molar-refractivity contribution in [3.63, 3.8) is 0 Å². The van der Waals surface area contributed by atoms with Gasteiger partial charge in [0.25, 0.3) is 0 Å². The summed E-state index contributed by atoms with van der Waals surface area (Å²) in [7, 11) is 0. The lowest BCUT2D eigenvalue weighted by atomic mass is 9.95. The van der Waals surface area contributed by atoms with Gasteiger partial charge in [0, 0.05) is 10.9 Å². The summed E-state index contributed by atoms with van der Waals surface area (Å²) in [5, 5.41) is 3.47. The van der Waals surface area contributed by atoms with Crippen LogP contribution in [0.15, 0.2) is 22.7 Å². The zero-order valence-corrected chi connectivity index (χ0v) is 12.0. The van der Waals surface area contributed by atoms with E-state index in [1.807, 2.05) is 6.07 Å². The van der Waals surface area contributed by atoms with Gasteiger partial charge in [-0.3, -0.25) is 0 Å². The zero-order valence-electron chi connectivity index (χ0n) is 10.4. The van der Waals surface area contributed by atoms with E-state index in [4.69, 9.17) is 0 Å². The molecular weight excluding hydrogens is 290 g/mol. The second kappa shape index (κ2) is 5.41. The van der Waals surface area contributed by atoms with Crippen molar-refractivity contribution >= 4 is 27.0 Å². The monoisotopic (exact) mass is 307 g/mol. The number of halogens is 1. The van der Waals surface area contributed by atoms with E-state index in [0.717, 1.165) is 33.7 Å². The number of hydrogen-bond acceptors (Lipinski definition) is 2. The van der Waals surface area contributed by atoms with Gasteiger partial charge < -0.3 is 10.3 Å². The summed E-state index contributed by atoms with van der Waals surface area (Å²) >= 11 is 3.49. The highest BCUT2D eigenvalue weighted by atomic mass is 79.9. The Balaban J connectivity index is 1.67. The SMILES string of the molecule is Brc1ccc2nc(CCC3CCCNC3)[nH]c2c1. The molecular formula is C14H18BrN3. The number of imidazole rings is 1. The molecule has 2 aromatic rings. The summed E-state index contributed by atoms with van der Waals surface area (Å²) in [6.07, 6.45) is 4.96. The molecule has 0 radical (unpaired) electrons. The van der Waals surface area contributed by atoms with Gasteiger partial charge in [-0.2, -0.15) is 0 Å². The second-order valence-corrected chi connectivity index (χ2v) is 6.01. The number of nitrogens with one attached hydrogen (secondary N) is 2. The van der Waals surface area contributed by atoms with E-state index in [0.29, 0.717) is 0 Å². The van der Waals surface area contributed by atoms with Gasteiger partial charge in [-0.05, 0) is 56.5 Å². The van der Waals surface area contributed by atoms with Crippen LogP contribution in [-0.2, 0) is 6.42 Å². The van der Waals surface area contributed by atoms with Crippen LogP contribution in [-0.4, -0.2) is 23.1 Å². The van der Waals surface area contributed by atoms with Crippen molar-refractivity contribution in [3.05, 3.63) is 28.5 Å². The van der Waals surface area contributed by atoms with Crippen molar-refractivity contribution in [3.8, 4) is 0 Å². The number of hydrogen-bond donors (Lipinski definition) is 2. The van der Waals surface area contributed by atoms with Crippen molar-refractivity contribution in [1.82, 2.24) is 15.3 Å². The highest BCUT2D eigenvalue weighted by Gasteiger charge is 2.13. The van der Waals surface area contributed by atoms with Gasteiger partial charge in [-0.15, -0.1) is 0 Å². The third-order valence-electron chi connectivity index (χ3n) is 3.68. The Hall–Kier alpha value is -0.870. The van der Waals surface area contributed by atoms with Gasteiger partial charge in [-0.25, -0.2) is 4.98 Å². The maximum atomic E-state index is 4.64. The number of rotatable bonds is 3. The van der Waals surface area contributed by atoms with Crippen molar-refractivity contribution in [1.29, 1.82) is 0 Å². The van der Waals surface area contributed by atoms with Crippen molar-refractivity contribution < 1.29 is 0 Å². The van der Waals surface area contributed by atoms with Crippen LogP contribution < -0.4 is 5.32 Å². The Labute approximate surface area is 116 Å². The Bertz CT molecular complexity index is 529. The van der Waals surface area contributed by atoms with Crippen LogP contribution in [0.2, 0.25) is 0 Å². The lowest BCUT2D eigenvalue weighted by Crippen LogP contribution is -2.29. The Morgan fingerprint density at radius 3 is 3.17 bits per heavy atom. The number of fused-ring (bicyclic) bond motifs is 1. The number of H-pyrrole nitrogens is 1. The topological polar surface area (TPSA) is 40.7 Å². The first-order chi connectivity index (χ1) is 8.81. The largest absolute Gasteiger partial charge is 0.342 e. The van der Waals surface area contributed by atoms with Crippen LogP contribution in [0.4, 0.5) is 0 Å². The molecule has 1 atom stereocenters. The second-order valence-electron chi connectivity index (χ2n) is 5.10. The van der Waals surface area contributed by atoms with Gasteiger partial charge in [0.2, 0.25) is 0 Å². The van der Waals surface area contributed by atoms with Gasteiger partial charge in [-0.1, -0.05) is 15.9 Å². The summed E-state index contributed by atoms with van der Waals surface area (Å²) in [6, 6.07) is 6.19. The lowest BCUT2D eigenvalue weighted by molar-refractivity contribution is 0.356. The molecule has 0 spiro atoms. The first-order valence-corrected chi connectivity index (χ1v) is 7.45. The maximum Gasteiger partial charge on any atom is 0.107 e. The molecule has 0 saturated carbocycles. The van der Waals surface area contributed by atoms with E-state index >= 15 is 0 Å². The average Bonchev–Trinajstić information content (AvgIpc) is 2.79. The van der Waals surface area contributed by atoms with E-state index in [2.05, 4.69) is 43.3 Å². The van der Waals surface area contributed by atoms with Gasteiger partial charge in [0.1, 0.15) is 5.82 Å². The molecule has 1 saturated heterocycles.